The number of sulfonamides is 1. The lowest BCUT2D eigenvalue weighted by molar-refractivity contribution is -0.140. The Balaban J connectivity index is 1.03. The fourth-order valence-electron chi connectivity index (χ4n) is 10.0. The van der Waals surface area contributed by atoms with E-state index in [-0.39, 0.29) is 43.7 Å². The number of pyridine rings is 1. The number of ether oxygens (including phenoxy) is 3. The Hall–Kier alpha value is -6.28. The summed E-state index contributed by atoms with van der Waals surface area (Å²) in [5.74, 6) is -1.12. The van der Waals surface area contributed by atoms with Crippen LogP contribution in [0.2, 0.25) is 0 Å². The monoisotopic (exact) mass is 1040 g/mol. The molecule has 2 aromatic heterocycles. The van der Waals surface area contributed by atoms with Gasteiger partial charge in [0.15, 0.2) is 0 Å². The number of aromatic nitrogens is 2. The maximum absolute atomic E-state index is 15.4. The Morgan fingerprint density at radius 3 is 2.47 bits per heavy atom. The molecule has 4 aromatic rings. The summed E-state index contributed by atoms with van der Waals surface area (Å²) in [5, 5.41) is 9.85. The second-order valence-electron chi connectivity index (χ2n) is 20.5. The third-order valence-electron chi connectivity index (χ3n) is 15.0. The molecule has 2 saturated carbocycles. The first-order valence-electron chi connectivity index (χ1n) is 25.5. The second kappa shape index (κ2) is 20.9. The Bertz CT molecular complexity index is 2930. The second-order valence-corrected chi connectivity index (χ2v) is 23.5. The SMILES string of the molecule is CCOC(=O)N1CCN(C(=O)c2cccc(N[C@H]3CCCCC/C=C\[C@@H]4C[C@@]4(C(=O)NS(=O)(=O)C4(C)CC4)NC(=O)[C@@H]4C[C@@H](Oc5cc(-c6nc(C(C)C)cs6)nc6c(C)c(OC)ccc56)CN4C3=O)c2)CC1. The molecule has 3 aliphatic heterocycles. The molecule has 0 radical (unpaired) electrons. The molecule has 390 valence electrons. The number of hydrogen-bond acceptors (Lipinski definition) is 14. The highest BCUT2D eigenvalue weighted by atomic mass is 32.2. The van der Waals surface area contributed by atoms with Crippen LogP contribution in [-0.4, -0.2) is 138 Å². The standard InChI is InChI=1S/C53H66N8O10S2/c1-7-70-51(66)60-24-22-59(23-25-60)48(63)34-14-13-16-36(26-34)54-39-17-12-10-8-9-11-15-35-29-53(35,50(65)58-73(67,68)52(5)20-21-52)57-46(62)42-27-37(30-61(42)49(39)64)71-44-28-40(47-56-41(31-72-47)32(2)3)55-45-33(4)43(69-6)19-18-38(44)45/h11,13-16,18-19,26,28,31-32,35,37,39,42,54H,7-10,12,17,20-25,27,29-30H2,1-6H3,(H,57,62)(H,58,65)/b15-11-/t35-,37-,39+,42+,53-/m1/s1. The number of rotatable bonds is 12. The van der Waals surface area contributed by atoms with Gasteiger partial charge in [0.05, 0.1) is 36.2 Å². The van der Waals surface area contributed by atoms with Gasteiger partial charge in [-0.2, -0.15) is 0 Å². The van der Waals surface area contributed by atoms with Gasteiger partial charge in [0.1, 0.15) is 45.9 Å². The van der Waals surface area contributed by atoms with Crippen LogP contribution in [0.3, 0.4) is 0 Å². The van der Waals surface area contributed by atoms with Gasteiger partial charge < -0.3 is 39.5 Å². The molecule has 20 heteroatoms. The summed E-state index contributed by atoms with van der Waals surface area (Å²) in [5.41, 5.74) is 2.37. The number of aryl methyl sites for hydroxylation is 1. The van der Waals surface area contributed by atoms with E-state index >= 15 is 9.59 Å². The van der Waals surface area contributed by atoms with Crippen molar-refractivity contribution in [2.24, 2.45) is 5.92 Å². The predicted octanol–water partition coefficient (Wildman–Crippen LogP) is 6.94. The molecule has 5 amide bonds. The van der Waals surface area contributed by atoms with Crippen LogP contribution in [0.4, 0.5) is 10.5 Å². The van der Waals surface area contributed by atoms with Crippen molar-refractivity contribution in [3.05, 3.63) is 76.8 Å². The zero-order valence-corrected chi connectivity index (χ0v) is 44.0. The quantitative estimate of drug-likeness (QED) is 0.123. The van der Waals surface area contributed by atoms with E-state index in [2.05, 4.69) is 29.2 Å². The maximum Gasteiger partial charge on any atom is 0.409 e. The molecule has 2 aliphatic carbocycles. The Kier molecular flexibility index (Phi) is 14.8. The average molecular weight is 1040 g/mol. The number of fused-ring (bicyclic) bond motifs is 3. The summed E-state index contributed by atoms with van der Waals surface area (Å²) in [6.07, 6.45) is 7.18. The lowest BCUT2D eigenvalue weighted by atomic mass is 10.0. The molecule has 0 bridgehead atoms. The van der Waals surface area contributed by atoms with Crippen molar-refractivity contribution in [3.63, 3.8) is 0 Å². The molecule has 2 saturated heterocycles. The summed E-state index contributed by atoms with van der Waals surface area (Å²) in [7, 11) is -2.44. The molecule has 0 unspecified atom stereocenters. The predicted molar refractivity (Wildman–Crippen MR) is 277 cm³/mol. The molecular weight excluding hydrogens is 973 g/mol. The normalized spacial score (nSPS) is 24.6. The first kappa shape index (κ1) is 51.6. The fraction of sp³-hybridized carbons (Fsp3) is 0.528. The van der Waals surface area contributed by atoms with Crippen molar-refractivity contribution in [1.29, 1.82) is 0 Å². The number of benzene rings is 2. The van der Waals surface area contributed by atoms with Gasteiger partial charge in [0.25, 0.3) is 11.8 Å². The number of thiazole rings is 1. The van der Waals surface area contributed by atoms with Crippen LogP contribution in [0, 0.1) is 12.8 Å². The van der Waals surface area contributed by atoms with Crippen LogP contribution in [0.15, 0.2) is 60.0 Å². The smallest absolute Gasteiger partial charge is 0.409 e. The van der Waals surface area contributed by atoms with Gasteiger partial charge in [0.2, 0.25) is 21.8 Å². The molecule has 2 aromatic carbocycles. The number of allylic oxidation sites excluding steroid dienone is 1. The number of nitrogens with one attached hydrogen (secondary N) is 3. The van der Waals surface area contributed by atoms with E-state index in [0.29, 0.717) is 103 Å². The molecule has 5 aliphatic rings. The van der Waals surface area contributed by atoms with Crippen LogP contribution < -0.4 is 24.8 Å². The number of amides is 5. The van der Waals surface area contributed by atoms with E-state index in [1.807, 2.05) is 42.7 Å². The van der Waals surface area contributed by atoms with E-state index in [4.69, 9.17) is 24.2 Å². The minimum Gasteiger partial charge on any atom is -0.496 e. The molecular formula is C53H66N8O10S2. The van der Waals surface area contributed by atoms with Crippen molar-refractivity contribution in [2.75, 3.05) is 51.8 Å². The van der Waals surface area contributed by atoms with Gasteiger partial charge in [-0.25, -0.2) is 23.2 Å². The van der Waals surface area contributed by atoms with Gasteiger partial charge in [-0.15, -0.1) is 11.3 Å². The molecule has 4 fully saturated rings. The van der Waals surface area contributed by atoms with Gasteiger partial charge >= 0.3 is 6.09 Å². The molecule has 18 nitrogen and oxygen atoms in total. The highest BCUT2D eigenvalue weighted by molar-refractivity contribution is 7.91. The largest absolute Gasteiger partial charge is 0.496 e. The number of nitrogens with zero attached hydrogens (tertiary/aromatic N) is 5. The van der Waals surface area contributed by atoms with E-state index in [0.717, 1.165) is 24.1 Å². The number of carbonyl (C=O) groups excluding carboxylic acids is 5. The number of carbonyl (C=O) groups is 5. The molecule has 73 heavy (non-hydrogen) atoms. The summed E-state index contributed by atoms with van der Waals surface area (Å²) in [4.78, 5) is 85.5. The van der Waals surface area contributed by atoms with Crippen molar-refractivity contribution in [3.8, 4) is 22.2 Å². The topological polar surface area (TPSA) is 219 Å². The third kappa shape index (κ3) is 10.7. The first-order valence-corrected chi connectivity index (χ1v) is 27.8. The fourth-order valence-corrected chi connectivity index (χ4v) is 12.3. The van der Waals surface area contributed by atoms with Crippen LogP contribution in [0.1, 0.15) is 113 Å². The molecule has 5 atom stereocenters. The van der Waals surface area contributed by atoms with Crippen molar-refractivity contribution >= 4 is 67.7 Å². The molecule has 5 heterocycles. The van der Waals surface area contributed by atoms with Gasteiger partial charge in [0, 0.05) is 72.2 Å². The lowest BCUT2D eigenvalue weighted by Gasteiger charge is -2.34. The third-order valence-corrected chi connectivity index (χ3v) is 18.1. The van der Waals surface area contributed by atoms with Crippen LogP contribution >= 0.6 is 11.3 Å². The molecule has 0 spiro atoms. The van der Waals surface area contributed by atoms with E-state index < -0.39 is 62.3 Å². The number of piperazine rings is 1. The van der Waals surface area contributed by atoms with Gasteiger partial charge in [-0.05, 0) is 95.5 Å². The van der Waals surface area contributed by atoms with Crippen LogP contribution in [-0.2, 0) is 29.1 Å². The first-order chi connectivity index (χ1) is 34.9. The molecule has 9 rings (SSSR count). The van der Waals surface area contributed by atoms with Gasteiger partial charge in [-0.3, -0.25) is 23.9 Å². The minimum atomic E-state index is -4.04. The highest BCUT2D eigenvalue weighted by Gasteiger charge is 2.63. The maximum atomic E-state index is 15.4. The van der Waals surface area contributed by atoms with Crippen molar-refractivity contribution in [1.82, 2.24) is 34.7 Å². The average Bonchev–Trinajstić information content (AvgIpc) is 4.15. The number of anilines is 1. The van der Waals surface area contributed by atoms with E-state index in [1.54, 1.807) is 55.0 Å². The summed E-state index contributed by atoms with van der Waals surface area (Å²) in [6, 6.07) is 10.6. The Labute approximate surface area is 430 Å². The lowest BCUT2D eigenvalue weighted by Crippen LogP contribution is -2.58. The van der Waals surface area contributed by atoms with Crippen LogP contribution in [0.25, 0.3) is 21.6 Å². The minimum absolute atomic E-state index is 0.00367. The van der Waals surface area contributed by atoms with Gasteiger partial charge in [-0.1, -0.05) is 44.9 Å². The Morgan fingerprint density at radius 2 is 1.75 bits per heavy atom. The summed E-state index contributed by atoms with van der Waals surface area (Å²) in [6.45, 7) is 11.0. The highest BCUT2D eigenvalue weighted by Crippen LogP contribution is 2.48. The van der Waals surface area contributed by atoms with Crippen LogP contribution in [0.5, 0.6) is 11.5 Å². The van der Waals surface area contributed by atoms with Crippen molar-refractivity contribution in [2.45, 2.75) is 127 Å². The van der Waals surface area contributed by atoms with Crippen molar-refractivity contribution < 1.29 is 46.6 Å². The zero-order valence-electron chi connectivity index (χ0n) is 42.4. The zero-order chi connectivity index (χ0) is 51.8. The summed E-state index contributed by atoms with van der Waals surface area (Å²) >= 11 is 1.48. The van der Waals surface area contributed by atoms with E-state index in [9.17, 15) is 22.8 Å². The number of hydrogen-bond donors (Lipinski definition) is 3. The number of methoxy groups -OCH3 is 1. The van der Waals surface area contributed by atoms with E-state index in [1.165, 1.54) is 16.2 Å². The summed E-state index contributed by atoms with van der Waals surface area (Å²) < 4.78 is 45.9. The molecule has 3 N–H and O–H groups in total. The Morgan fingerprint density at radius 1 is 0.986 bits per heavy atom.